The van der Waals surface area contributed by atoms with Gasteiger partial charge in [0.25, 0.3) is 0 Å². The summed E-state index contributed by atoms with van der Waals surface area (Å²) in [6.07, 6.45) is -5.82. The fraction of sp³-hybridized carbons (Fsp3) is 0.956. The number of aliphatic hydroxyl groups is 5. The van der Waals surface area contributed by atoms with Crippen LogP contribution < -0.4 is 5.32 Å². The highest BCUT2D eigenvalue weighted by molar-refractivity contribution is 5.75. The van der Waals surface area contributed by atoms with Crippen LogP contribution in [0.5, 0.6) is 0 Å². The molecule has 3 saturated heterocycles. The number of methoxy groups -OCH3 is 1. The van der Waals surface area contributed by atoms with Gasteiger partial charge in [-0.05, 0) is 107 Å². The Kier molecular flexibility index (Phi) is 20.3. The zero-order valence-electron chi connectivity index (χ0n) is 39.8. The van der Waals surface area contributed by atoms with E-state index in [9.17, 15) is 35.1 Å². The van der Waals surface area contributed by atoms with Crippen molar-refractivity contribution in [1.29, 1.82) is 0 Å². The number of cyclic esters (lactones) is 1. The molecule has 1 amide bonds. The number of nitrogens with one attached hydrogen (secondary N) is 1. The van der Waals surface area contributed by atoms with Gasteiger partial charge >= 0.3 is 5.97 Å². The van der Waals surface area contributed by atoms with E-state index in [-0.39, 0.29) is 43.2 Å². The number of likely N-dealkylation sites (N-methyl/N-ethyl adjacent to an activating group) is 2. The number of aliphatic hydroxyl groups excluding tert-OH is 3. The van der Waals surface area contributed by atoms with Crippen LogP contribution in [0.1, 0.15) is 128 Å². The van der Waals surface area contributed by atoms with E-state index in [1.165, 1.54) is 14.0 Å². The molecule has 3 aliphatic heterocycles. The van der Waals surface area contributed by atoms with Crippen molar-refractivity contribution in [3.05, 3.63) is 0 Å². The van der Waals surface area contributed by atoms with Crippen molar-refractivity contribution in [3.8, 4) is 0 Å². The van der Waals surface area contributed by atoms with Crippen molar-refractivity contribution in [1.82, 2.24) is 15.1 Å². The average molecular weight is 876 g/mol. The lowest BCUT2D eigenvalue weighted by molar-refractivity contribution is -0.318. The minimum Gasteiger partial charge on any atom is -0.459 e. The first-order valence-corrected chi connectivity index (χ1v) is 22.9. The number of carbonyl (C=O) groups excluding carboxylic acids is 2. The molecule has 0 aromatic rings. The van der Waals surface area contributed by atoms with Crippen molar-refractivity contribution in [2.75, 3.05) is 40.8 Å². The molecule has 61 heavy (non-hydrogen) atoms. The van der Waals surface area contributed by atoms with Crippen LogP contribution in [0.15, 0.2) is 0 Å². The molecule has 0 saturated carbocycles. The van der Waals surface area contributed by atoms with Gasteiger partial charge in [-0.2, -0.15) is 0 Å². The van der Waals surface area contributed by atoms with Crippen LogP contribution in [0.25, 0.3) is 0 Å². The molecule has 0 aromatic carbocycles. The van der Waals surface area contributed by atoms with Gasteiger partial charge in [-0.3, -0.25) is 9.59 Å². The van der Waals surface area contributed by atoms with Gasteiger partial charge in [-0.15, -0.1) is 0 Å². The Labute approximate surface area is 366 Å². The van der Waals surface area contributed by atoms with Crippen LogP contribution in [-0.2, 0) is 38.0 Å². The van der Waals surface area contributed by atoms with Crippen molar-refractivity contribution >= 4 is 11.9 Å². The standard InChI is InChI=1S/C45H85N3O13/c1-15-17-19-34(49)46-20-18-21-47(12)32-22-27(4)57-42(36(32)50)61-40-28(5)37(60-35-24-44(10,56-14)39(52)31(8)58-35)29(6)41(53)59-33(16-2)45(11,55)38(51)30(7)48(13)25-26(3)23-43(40,9)54/h26-33,35-40,42,50-52,54-55H,15-25H2,1-14H3,(H,46,49)/t26-,27-,28+,29-,30-,31+,32+,33-,35+,36-,37+,38-,39+,40-,42+,43-,44-,45-/m1/s1. The summed E-state index contributed by atoms with van der Waals surface area (Å²) in [6.45, 7) is 21.1. The second-order valence-corrected chi connectivity index (χ2v) is 19.5. The first kappa shape index (κ1) is 53.8. The maximum Gasteiger partial charge on any atom is 0.311 e. The molecule has 0 unspecified atom stereocenters. The number of nitrogens with zero attached hydrogens (tertiary/aromatic N) is 2. The number of esters is 1. The molecule has 358 valence electrons. The number of unbranched alkanes of at least 4 members (excludes halogenated alkanes) is 1. The minimum absolute atomic E-state index is 0.0301. The third-order valence-electron chi connectivity index (χ3n) is 13.9. The molecular weight excluding hydrogens is 791 g/mol. The topological polar surface area (TPSA) is 209 Å². The molecule has 3 rings (SSSR count). The first-order chi connectivity index (χ1) is 28.3. The number of ether oxygens (including phenoxy) is 6. The van der Waals surface area contributed by atoms with E-state index in [0.717, 1.165) is 12.8 Å². The summed E-state index contributed by atoms with van der Waals surface area (Å²) in [7, 11) is 5.27. The van der Waals surface area contributed by atoms with Gasteiger partial charge in [-0.1, -0.05) is 34.1 Å². The van der Waals surface area contributed by atoms with E-state index in [2.05, 4.69) is 10.2 Å². The molecule has 3 aliphatic rings. The molecule has 3 heterocycles. The Balaban J connectivity index is 2.07. The zero-order valence-corrected chi connectivity index (χ0v) is 39.8. The molecule has 0 aliphatic carbocycles. The lowest BCUT2D eigenvalue weighted by Gasteiger charge is -2.49. The molecule has 16 nitrogen and oxygen atoms in total. The van der Waals surface area contributed by atoms with Gasteiger partial charge in [0.1, 0.15) is 30.0 Å². The Morgan fingerprint density at radius 2 is 1.62 bits per heavy atom. The molecule has 0 radical (unpaired) electrons. The van der Waals surface area contributed by atoms with Crippen LogP contribution in [0.2, 0.25) is 0 Å². The second kappa shape index (κ2) is 23.1. The SMILES string of the molecule is CCCCC(=O)NCCCN(C)[C@H]1C[C@@H](C)O[C@@H](O[C@@H]2[C@@H](C)[C@H](O[C@H]3C[C@@](C)(OC)[C@@H](O)[C@H](C)O3)[C@@H](C)C(=O)O[C@H](CC)[C@@](C)(O)[C@H](O)[C@@H](C)N(C)C[C@H](C)C[C@@]2(C)O)[C@@H]1O. The molecule has 16 heteroatoms. The predicted octanol–water partition coefficient (Wildman–Crippen LogP) is 2.97. The predicted molar refractivity (Wildman–Crippen MR) is 230 cm³/mol. The highest BCUT2D eigenvalue weighted by Gasteiger charge is 2.52. The third kappa shape index (κ3) is 13.7. The highest BCUT2D eigenvalue weighted by Crippen LogP contribution is 2.40. The molecule has 6 N–H and O–H groups in total. The van der Waals surface area contributed by atoms with E-state index < -0.39 is 96.0 Å². The number of amides is 1. The Morgan fingerprint density at radius 1 is 0.967 bits per heavy atom. The average Bonchev–Trinajstić information content (AvgIpc) is 3.19. The van der Waals surface area contributed by atoms with E-state index in [4.69, 9.17) is 28.4 Å². The van der Waals surface area contributed by atoms with Crippen LogP contribution >= 0.6 is 0 Å². The van der Waals surface area contributed by atoms with Crippen LogP contribution in [-0.4, -0.2) is 178 Å². The van der Waals surface area contributed by atoms with Crippen LogP contribution in [0.3, 0.4) is 0 Å². The summed E-state index contributed by atoms with van der Waals surface area (Å²) in [5.74, 6) is -2.69. The first-order valence-electron chi connectivity index (χ1n) is 22.9. The van der Waals surface area contributed by atoms with E-state index in [1.807, 2.05) is 46.7 Å². The van der Waals surface area contributed by atoms with Gasteiger partial charge in [0.2, 0.25) is 5.91 Å². The van der Waals surface area contributed by atoms with Crippen LogP contribution in [0.4, 0.5) is 0 Å². The Hall–Kier alpha value is -1.54. The molecule has 0 aromatic heterocycles. The molecular formula is C45H85N3O13. The molecule has 3 fully saturated rings. The fourth-order valence-electron chi connectivity index (χ4n) is 9.81. The molecule has 0 spiro atoms. The number of carbonyl (C=O) groups is 2. The quantitative estimate of drug-likeness (QED) is 0.110. The number of rotatable bonds is 14. The second-order valence-electron chi connectivity index (χ2n) is 19.5. The Morgan fingerprint density at radius 3 is 2.23 bits per heavy atom. The molecule has 18 atom stereocenters. The zero-order chi connectivity index (χ0) is 46.2. The van der Waals surface area contributed by atoms with Crippen molar-refractivity contribution < 1.29 is 63.5 Å². The van der Waals surface area contributed by atoms with Gasteiger partial charge in [-0.25, -0.2) is 0 Å². The van der Waals surface area contributed by atoms with Gasteiger partial charge < -0.3 is 69.1 Å². The van der Waals surface area contributed by atoms with E-state index >= 15 is 0 Å². The smallest absolute Gasteiger partial charge is 0.311 e. The monoisotopic (exact) mass is 876 g/mol. The van der Waals surface area contributed by atoms with Gasteiger partial charge in [0.15, 0.2) is 12.6 Å². The summed E-state index contributed by atoms with van der Waals surface area (Å²) in [4.78, 5) is 30.5. The molecule has 0 bridgehead atoms. The maximum absolute atomic E-state index is 14.4. The lowest BCUT2D eigenvalue weighted by Crippen LogP contribution is -2.61. The van der Waals surface area contributed by atoms with Crippen molar-refractivity contribution in [3.63, 3.8) is 0 Å². The highest BCUT2D eigenvalue weighted by atomic mass is 16.7. The van der Waals surface area contributed by atoms with E-state index in [0.29, 0.717) is 38.9 Å². The summed E-state index contributed by atoms with van der Waals surface area (Å²) in [6, 6.07) is -0.934. The van der Waals surface area contributed by atoms with Gasteiger partial charge in [0.05, 0.1) is 41.5 Å². The normalized spacial score (nSPS) is 43.9. The summed E-state index contributed by atoms with van der Waals surface area (Å²) in [5, 5.41) is 62.1. The minimum atomic E-state index is -1.82. The van der Waals surface area contributed by atoms with Crippen LogP contribution in [0, 0.1) is 17.8 Å². The largest absolute Gasteiger partial charge is 0.459 e. The fourth-order valence-corrected chi connectivity index (χ4v) is 9.81. The van der Waals surface area contributed by atoms with Crippen molar-refractivity contribution in [2.45, 2.75) is 218 Å². The number of hydrogen-bond acceptors (Lipinski definition) is 15. The third-order valence-corrected chi connectivity index (χ3v) is 13.9. The summed E-state index contributed by atoms with van der Waals surface area (Å²) in [5.41, 5.74) is -4.48. The number of hydrogen-bond donors (Lipinski definition) is 6. The Bertz CT molecular complexity index is 1360. The summed E-state index contributed by atoms with van der Waals surface area (Å²) >= 11 is 0. The lowest BCUT2D eigenvalue weighted by atomic mass is 9.77. The van der Waals surface area contributed by atoms with Crippen molar-refractivity contribution in [2.24, 2.45) is 17.8 Å². The maximum atomic E-state index is 14.4. The summed E-state index contributed by atoms with van der Waals surface area (Å²) < 4.78 is 38.0. The van der Waals surface area contributed by atoms with Gasteiger partial charge in [0, 0.05) is 51.0 Å². The van der Waals surface area contributed by atoms with E-state index in [1.54, 1.807) is 41.5 Å².